The molecule has 0 saturated carbocycles. The van der Waals surface area contributed by atoms with E-state index in [4.69, 9.17) is 10.5 Å². The third-order valence-electron chi connectivity index (χ3n) is 3.08. The van der Waals surface area contributed by atoms with Crippen molar-refractivity contribution in [2.45, 2.75) is 30.4 Å². The quantitative estimate of drug-likeness (QED) is 0.859. The Morgan fingerprint density at radius 1 is 1.63 bits per heavy atom. The maximum absolute atomic E-state index is 12.5. The van der Waals surface area contributed by atoms with E-state index in [1.807, 2.05) is 0 Å². The van der Waals surface area contributed by atoms with Crippen molar-refractivity contribution >= 4 is 37.3 Å². The second-order valence-electron chi connectivity index (χ2n) is 4.48. The Labute approximate surface area is 125 Å². The second kappa shape index (κ2) is 6.19. The summed E-state index contributed by atoms with van der Waals surface area (Å²) in [5.74, 6) is 0. The van der Waals surface area contributed by atoms with Gasteiger partial charge in [-0.1, -0.05) is 0 Å². The van der Waals surface area contributed by atoms with Gasteiger partial charge in [0, 0.05) is 31.6 Å². The van der Waals surface area contributed by atoms with Gasteiger partial charge in [-0.25, -0.2) is 8.42 Å². The summed E-state index contributed by atoms with van der Waals surface area (Å²) in [6.07, 6.45) is 1.92. The highest BCUT2D eigenvalue weighted by Crippen LogP contribution is 2.33. The number of likely N-dealkylation sites (N-methyl/N-ethyl adjacent to an activating group) is 1. The molecular weight excluding hydrogens is 352 g/mol. The van der Waals surface area contributed by atoms with E-state index in [9.17, 15) is 8.42 Å². The summed E-state index contributed by atoms with van der Waals surface area (Å²) in [5.41, 5.74) is 5.54. The largest absolute Gasteiger partial charge is 0.377 e. The topological polar surface area (TPSA) is 72.6 Å². The summed E-state index contributed by atoms with van der Waals surface area (Å²) in [6.45, 7) is 1.45. The molecule has 1 aliphatic rings. The first-order valence-electron chi connectivity index (χ1n) is 6.01. The molecule has 108 valence electrons. The molecule has 1 saturated heterocycles. The SMILES string of the molecule is CN(CC1CCCO1)S(=O)(=O)c1cc(CN)sc1Br. The zero-order valence-corrected chi connectivity index (χ0v) is 13.9. The van der Waals surface area contributed by atoms with Crippen LogP contribution in [-0.4, -0.2) is 39.0 Å². The van der Waals surface area contributed by atoms with Crippen LogP contribution in [0, 0.1) is 0 Å². The summed E-state index contributed by atoms with van der Waals surface area (Å²) in [7, 11) is -1.90. The lowest BCUT2D eigenvalue weighted by molar-refractivity contribution is 0.0979. The van der Waals surface area contributed by atoms with Crippen LogP contribution >= 0.6 is 27.3 Å². The maximum atomic E-state index is 12.5. The first-order chi connectivity index (χ1) is 8.95. The van der Waals surface area contributed by atoms with Crippen molar-refractivity contribution in [2.75, 3.05) is 20.2 Å². The summed E-state index contributed by atoms with van der Waals surface area (Å²) in [4.78, 5) is 1.13. The van der Waals surface area contributed by atoms with Crippen LogP contribution in [0.4, 0.5) is 0 Å². The Hall–Kier alpha value is 0.01000. The lowest BCUT2D eigenvalue weighted by Crippen LogP contribution is -2.34. The first-order valence-corrected chi connectivity index (χ1v) is 9.06. The highest BCUT2D eigenvalue weighted by molar-refractivity contribution is 9.11. The monoisotopic (exact) mass is 368 g/mol. The van der Waals surface area contributed by atoms with Gasteiger partial charge in [-0.05, 0) is 34.8 Å². The van der Waals surface area contributed by atoms with Crippen LogP contribution in [0.5, 0.6) is 0 Å². The number of thiophene rings is 1. The molecule has 5 nitrogen and oxygen atoms in total. The minimum Gasteiger partial charge on any atom is -0.377 e. The Morgan fingerprint density at radius 3 is 2.89 bits per heavy atom. The Kier molecular flexibility index (Phi) is 5.02. The van der Waals surface area contributed by atoms with Gasteiger partial charge in [-0.3, -0.25) is 0 Å². The van der Waals surface area contributed by atoms with E-state index in [2.05, 4.69) is 15.9 Å². The van der Waals surface area contributed by atoms with Gasteiger partial charge >= 0.3 is 0 Å². The Morgan fingerprint density at radius 2 is 2.37 bits per heavy atom. The fraction of sp³-hybridized carbons (Fsp3) is 0.636. The van der Waals surface area contributed by atoms with Crippen LogP contribution in [0.1, 0.15) is 17.7 Å². The Bertz CT molecular complexity index is 538. The number of ether oxygens (including phenoxy) is 1. The van der Waals surface area contributed by atoms with Crippen LogP contribution in [0.3, 0.4) is 0 Å². The molecule has 2 heterocycles. The molecule has 0 aromatic carbocycles. The van der Waals surface area contributed by atoms with Crippen molar-refractivity contribution in [3.05, 3.63) is 14.7 Å². The Balaban J connectivity index is 2.17. The molecule has 1 atom stereocenters. The van der Waals surface area contributed by atoms with Crippen LogP contribution in [0.2, 0.25) is 0 Å². The molecule has 0 aliphatic carbocycles. The standard InChI is InChI=1S/C11H17BrN2O3S2/c1-14(7-8-3-2-4-17-8)19(15,16)10-5-9(6-13)18-11(10)12/h5,8H,2-4,6-7,13H2,1H3. The molecule has 1 fully saturated rings. The van der Waals surface area contributed by atoms with Gasteiger partial charge in [0.25, 0.3) is 0 Å². The van der Waals surface area contributed by atoms with Crippen molar-refractivity contribution in [3.63, 3.8) is 0 Å². The molecule has 2 rings (SSSR count). The average molecular weight is 369 g/mol. The number of hydrogen-bond acceptors (Lipinski definition) is 5. The van der Waals surface area contributed by atoms with E-state index in [0.29, 0.717) is 21.8 Å². The zero-order valence-electron chi connectivity index (χ0n) is 10.6. The van der Waals surface area contributed by atoms with Gasteiger partial charge in [-0.2, -0.15) is 4.31 Å². The van der Waals surface area contributed by atoms with Crippen molar-refractivity contribution < 1.29 is 13.2 Å². The van der Waals surface area contributed by atoms with Crippen molar-refractivity contribution in [1.82, 2.24) is 4.31 Å². The fourth-order valence-corrected chi connectivity index (χ4v) is 5.72. The van der Waals surface area contributed by atoms with Gasteiger partial charge in [0.15, 0.2) is 0 Å². The third kappa shape index (κ3) is 3.37. The molecule has 1 unspecified atom stereocenters. The number of nitrogens with two attached hydrogens (primary N) is 1. The van der Waals surface area contributed by atoms with Crippen LogP contribution in [-0.2, 0) is 21.3 Å². The molecule has 1 aliphatic heterocycles. The van der Waals surface area contributed by atoms with Gasteiger partial charge in [-0.15, -0.1) is 11.3 Å². The first kappa shape index (κ1) is 15.4. The summed E-state index contributed by atoms with van der Waals surface area (Å²) < 4.78 is 32.4. The molecule has 0 amide bonds. The number of halogens is 1. The van der Waals surface area contributed by atoms with E-state index >= 15 is 0 Å². The molecule has 1 aromatic rings. The number of sulfonamides is 1. The van der Waals surface area contributed by atoms with Crippen LogP contribution < -0.4 is 5.73 Å². The van der Waals surface area contributed by atoms with Crippen LogP contribution in [0.25, 0.3) is 0 Å². The van der Waals surface area contributed by atoms with Gasteiger partial charge in [0.05, 0.1) is 9.89 Å². The van der Waals surface area contributed by atoms with E-state index in [-0.39, 0.29) is 6.10 Å². The summed E-state index contributed by atoms with van der Waals surface area (Å²) in [5, 5.41) is 0. The summed E-state index contributed by atoms with van der Waals surface area (Å²) >= 11 is 4.66. The molecule has 0 bridgehead atoms. The average Bonchev–Trinajstić information content (AvgIpc) is 2.98. The molecule has 0 radical (unpaired) electrons. The lowest BCUT2D eigenvalue weighted by Gasteiger charge is -2.20. The molecule has 2 N–H and O–H groups in total. The number of hydrogen-bond donors (Lipinski definition) is 1. The smallest absolute Gasteiger partial charge is 0.244 e. The predicted molar refractivity (Wildman–Crippen MR) is 78.7 cm³/mol. The maximum Gasteiger partial charge on any atom is 0.244 e. The van der Waals surface area contributed by atoms with Gasteiger partial charge in [0.1, 0.15) is 4.90 Å². The molecule has 8 heteroatoms. The highest BCUT2D eigenvalue weighted by atomic mass is 79.9. The van der Waals surface area contributed by atoms with E-state index in [1.165, 1.54) is 15.6 Å². The normalized spacial score (nSPS) is 20.3. The van der Waals surface area contributed by atoms with Crippen molar-refractivity contribution in [3.8, 4) is 0 Å². The second-order valence-corrected chi connectivity index (χ2v) is 8.94. The highest BCUT2D eigenvalue weighted by Gasteiger charge is 2.28. The fourth-order valence-electron chi connectivity index (χ4n) is 2.02. The number of nitrogens with zero attached hydrogens (tertiary/aromatic N) is 1. The van der Waals surface area contributed by atoms with Gasteiger partial charge in [0.2, 0.25) is 10.0 Å². The third-order valence-corrected chi connectivity index (χ3v) is 7.18. The van der Waals surface area contributed by atoms with E-state index in [1.54, 1.807) is 13.1 Å². The number of rotatable bonds is 5. The predicted octanol–water partition coefficient (Wildman–Crippen LogP) is 1.77. The zero-order chi connectivity index (χ0) is 14.0. The van der Waals surface area contributed by atoms with Crippen molar-refractivity contribution in [1.29, 1.82) is 0 Å². The molecule has 1 aromatic heterocycles. The van der Waals surface area contributed by atoms with Crippen molar-refractivity contribution in [2.24, 2.45) is 5.73 Å². The van der Waals surface area contributed by atoms with Gasteiger partial charge < -0.3 is 10.5 Å². The molecule has 0 spiro atoms. The van der Waals surface area contributed by atoms with E-state index in [0.717, 1.165) is 24.3 Å². The molecule has 19 heavy (non-hydrogen) atoms. The minimum atomic E-state index is -3.49. The van der Waals surface area contributed by atoms with Crippen LogP contribution in [0.15, 0.2) is 14.7 Å². The lowest BCUT2D eigenvalue weighted by atomic mass is 10.2. The minimum absolute atomic E-state index is 0.00571. The van der Waals surface area contributed by atoms with E-state index < -0.39 is 10.0 Å². The summed E-state index contributed by atoms with van der Waals surface area (Å²) in [6, 6.07) is 1.64. The molecular formula is C11H17BrN2O3S2.